The molecule has 0 heterocycles. The molecule has 0 aliphatic heterocycles. The average Bonchev–Trinajstić information content (AvgIpc) is 2.73. The lowest BCUT2D eigenvalue weighted by molar-refractivity contribution is -0.0999. The van der Waals surface area contributed by atoms with Gasteiger partial charge in [-0.15, -0.1) is 0 Å². The lowest BCUT2D eigenvalue weighted by Gasteiger charge is -2.19. The first kappa shape index (κ1) is 14.3. The van der Waals surface area contributed by atoms with Crippen LogP contribution in [0.15, 0.2) is 12.1 Å². The van der Waals surface area contributed by atoms with E-state index in [-0.39, 0.29) is 12.3 Å². The highest BCUT2D eigenvalue weighted by atomic mass is 16.7. The standard InChI is InChI=1S/C15H23NO3/c1-9-5-6-12(17)15-11(7-10(2)14(9)15)16-8-13(18-3)19-4/h5-6,10-11,13,16-17H,7-8H2,1-4H3. The number of phenolic OH excluding ortho intramolecular Hbond substituents is 1. The molecule has 0 spiro atoms. The number of aryl methyl sites for hydroxylation is 1. The van der Waals surface area contributed by atoms with Gasteiger partial charge >= 0.3 is 0 Å². The molecule has 0 bridgehead atoms. The van der Waals surface area contributed by atoms with Crippen LogP contribution in [0.1, 0.15) is 42.0 Å². The molecule has 0 fully saturated rings. The van der Waals surface area contributed by atoms with Crippen LogP contribution >= 0.6 is 0 Å². The van der Waals surface area contributed by atoms with E-state index in [1.807, 2.05) is 6.07 Å². The van der Waals surface area contributed by atoms with Crippen molar-refractivity contribution in [2.45, 2.75) is 38.5 Å². The van der Waals surface area contributed by atoms with Crippen molar-refractivity contribution in [1.29, 1.82) is 0 Å². The van der Waals surface area contributed by atoms with Crippen LogP contribution in [-0.2, 0) is 9.47 Å². The summed E-state index contributed by atoms with van der Waals surface area (Å²) in [7, 11) is 3.26. The number of nitrogens with one attached hydrogen (secondary N) is 1. The van der Waals surface area contributed by atoms with Crippen molar-refractivity contribution in [3.8, 4) is 5.75 Å². The number of hydrogen-bond donors (Lipinski definition) is 2. The fourth-order valence-corrected chi connectivity index (χ4v) is 3.03. The van der Waals surface area contributed by atoms with E-state index in [0.717, 1.165) is 12.0 Å². The van der Waals surface area contributed by atoms with Gasteiger partial charge in [-0.25, -0.2) is 0 Å². The summed E-state index contributed by atoms with van der Waals surface area (Å²) in [6, 6.07) is 3.93. The van der Waals surface area contributed by atoms with Gasteiger partial charge in [0, 0.05) is 32.4 Å². The first-order valence-corrected chi connectivity index (χ1v) is 6.69. The third-order valence-electron chi connectivity index (χ3n) is 3.97. The molecular formula is C15H23NO3. The second-order valence-corrected chi connectivity index (χ2v) is 5.23. The molecule has 2 rings (SSSR count). The lowest BCUT2D eigenvalue weighted by atomic mass is 9.97. The molecule has 19 heavy (non-hydrogen) atoms. The molecule has 0 saturated carbocycles. The smallest absolute Gasteiger partial charge is 0.169 e. The van der Waals surface area contributed by atoms with Crippen LogP contribution in [-0.4, -0.2) is 32.2 Å². The Labute approximate surface area is 114 Å². The fourth-order valence-electron chi connectivity index (χ4n) is 3.03. The number of aromatic hydroxyl groups is 1. The van der Waals surface area contributed by atoms with Crippen LogP contribution in [0.5, 0.6) is 5.75 Å². The Morgan fingerprint density at radius 2 is 2.00 bits per heavy atom. The summed E-state index contributed by atoms with van der Waals surface area (Å²) in [5, 5.41) is 13.5. The largest absolute Gasteiger partial charge is 0.508 e. The summed E-state index contributed by atoms with van der Waals surface area (Å²) >= 11 is 0. The first-order valence-electron chi connectivity index (χ1n) is 6.69. The normalized spacial score (nSPS) is 21.9. The zero-order valence-electron chi connectivity index (χ0n) is 12.1. The summed E-state index contributed by atoms with van der Waals surface area (Å²) in [4.78, 5) is 0. The molecule has 2 atom stereocenters. The van der Waals surface area contributed by atoms with Crippen LogP contribution in [0, 0.1) is 6.92 Å². The van der Waals surface area contributed by atoms with E-state index in [1.165, 1.54) is 11.1 Å². The SMILES string of the molecule is COC(CNC1CC(C)c2c(C)ccc(O)c21)OC. The number of ether oxygens (including phenoxy) is 2. The summed E-state index contributed by atoms with van der Waals surface area (Å²) in [5.41, 5.74) is 3.57. The van der Waals surface area contributed by atoms with E-state index >= 15 is 0 Å². The number of hydrogen-bond acceptors (Lipinski definition) is 4. The summed E-state index contributed by atoms with van der Waals surface area (Å²) in [6.45, 7) is 4.92. The molecule has 1 aromatic rings. The minimum Gasteiger partial charge on any atom is -0.508 e. The van der Waals surface area contributed by atoms with Gasteiger partial charge in [-0.1, -0.05) is 13.0 Å². The highest BCUT2D eigenvalue weighted by Gasteiger charge is 2.32. The minimum atomic E-state index is -0.258. The molecule has 0 amide bonds. The van der Waals surface area contributed by atoms with E-state index in [2.05, 4.69) is 19.2 Å². The maximum Gasteiger partial charge on any atom is 0.169 e. The van der Waals surface area contributed by atoms with Crippen molar-refractivity contribution in [2.24, 2.45) is 0 Å². The summed E-state index contributed by atoms with van der Waals surface area (Å²) in [6.07, 6.45) is 0.736. The Hall–Kier alpha value is -1.10. The van der Waals surface area contributed by atoms with Crippen molar-refractivity contribution >= 4 is 0 Å². The Kier molecular flexibility index (Phi) is 4.45. The molecule has 0 aromatic heterocycles. The Balaban J connectivity index is 2.17. The molecule has 2 N–H and O–H groups in total. The number of benzene rings is 1. The van der Waals surface area contributed by atoms with Crippen molar-refractivity contribution in [3.05, 3.63) is 28.8 Å². The maximum atomic E-state index is 10.1. The average molecular weight is 265 g/mol. The monoisotopic (exact) mass is 265 g/mol. The second kappa shape index (κ2) is 5.90. The third kappa shape index (κ3) is 2.76. The molecule has 0 radical (unpaired) electrons. The van der Waals surface area contributed by atoms with E-state index < -0.39 is 0 Å². The van der Waals surface area contributed by atoms with Gasteiger partial charge in [0.05, 0.1) is 0 Å². The highest BCUT2D eigenvalue weighted by molar-refractivity contribution is 5.50. The lowest BCUT2D eigenvalue weighted by Crippen LogP contribution is -2.32. The van der Waals surface area contributed by atoms with Crippen LogP contribution < -0.4 is 5.32 Å². The quantitative estimate of drug-likeness (QED) is 0.803. The van der Waals surface area contributed by atoms with Crippen molar-refractivity contribution in [1.82, 2.24) is 5.32 Å². The van der Waals surface area contributed by atoms with Crippen LogP contribution in [0.25, 0.3) is 0 Å². The first-order chi connectivity index (χ1) is 9.08. The van der Waals surface area contributed by atoms with E-state index in [0.29, 0.717) is 18.2 Å². The molecule has 1 aliphatic carbocycles. The summed E-state index contributed by atoms with van der Waals surface area (Å²) in [5.74, 6) is 0.844. The Morgan fingerprint density at radius 3 is 2.63 bits per heavy atom. The van der Waals surface area contributed by atoms with Gasteiger partial charge in [0.1, 0.15) is 5.75 Å². The molecule has 106 valence electrons. The Bertz CT molecular complexity index is 443. The predicted molar refractivity (Wildman–Crippen MR) is 74.4 cm³/mol. The Morgan fingerprint density at radius 1 is 1.32 bits per heavy atom. The molecule has 1 aromatic carbocycles. The van der Waals surface area contributed by atoms with Gasteiger partial charge in [0.25, 0.3) is 0 Å². The van der Waals surface area contributed by atoms with Crippen molar-refractivity contribution in [3.63, 3.8) is 0 Å². The zero-order valence-corrected chi connectivity index (χ0v) is 12.1. The molecule has 2 unspecified atom stereocenters. The van der Waals surface area contributed by atoms with Gasteiger partial charge in [0.15, 0.2) is 6.29 Å². The number of fused-ring (bicyclic) bond motifs is 1. The fraction of sp³-hybridized carbons (Fsp3) is 0.600. The third-order valence-corrected chi connectivity index (χ3v) is 3.97. The molecular weight excluding hydrogens is 242 g/mol. The number of rotatable bonds is 5. The topological polar surface area (TPSA) is 50.7 Å². The summed E-state index contributed by atoms with van der Waals surface area (Å²) < 4.78 is 10.4. The van der Waals surface area contributed by atoms with E-state index in [9.17, 15) is 5.11 Å². The van der Waals surface area contributed by atoms with E-state index in [1.54, 1.807) is 20.3 Å². The van der Waals surface area contributed by atoms with Gasteiger partial charge < -0.3 is 19.9 Å². The van der Waals surface area contributed by atoms with Crippen molar-refractivity contribution < 1.29 is 14.6 Å². The van der Waals surface area contributed by atoms with Crippen LogP contribution in [0.4, 0.5) is 0 Å². The molecule has 4 heteroatoms. The number of methoxy groups -OCH3 is 2. The number of phenols is 1. The maximum absolute atomic E-state index is 10.1. The van der Waals surface area contributed by atoms with Gasteiger partial charge in [0.2, 0.25) is 0 Å². The van der Waals surface area contributed by atoms with E-state index in [4.69, 9.17) is 9.47 Å². The zero-order chi connectivity index (χ0) is 14.0. The van der Waals surface area contributed by atoms with Crippen LogP contribution in [0.3, 0.4) is 0 Å². The minimum absolute atomic E-state index is 0.165. The predicted octanol–water partition coefficient (Wildman–Crippen LogP) is 2.46. The van der Waals surface area contributed by atoms with Gasteiger partial charge in [-0.3, -0.25) is 0 Å². The van der Waals surface area contributed by atoms with Gasteiger partial charge in [-0.05, 0) is 36.5 Å². The van der Waals surface area contributed by atoms with Crippen molar-refractivity contribution in [2.75, 3.05) is 20.8 Å². The second-order valence-electron chi connectivity index (χ2n) is 5.23. The molecule has 1 aliphatic rings. The van der Waals surface area contributed by atoms with Gasteiger partial charge in [-0.2, -0.15) is 0 Å². The van der Waals surface area contributed by atoms with Crippen LogP contribution in [0.2, 0.25) is 0 Å². The highest BCUT2D eigenvalue weighted by Crippen LogP contribution is 2.45. The molecule has 0 saturated heterocycles. The molecule has 4 nitrogen and oxygen atoms in total.